The van der Waals surface area contributed by atoms with Crippen molar-refractivity contribution in [3.05, 3.63) is 65.7 Å². The molecule has 0 aromatic heterocycles. The number of alkyl halides is 1. The molecule has 0 saturated heterocycles. The van der Waals surface area contributed by atoms with Crippen LogP contribution in [0.4, 0.5) is 4.79 Å². The smallest absolute Gasteiger partial charge is 0.465 e. The Morgan fingerprint density at radius 3 is 1.93 bits per heavy atom. The molecule has 236 valence electrons. The van der Waals surface area contributed by atoms with Crippen molar-refractivity contribution in [2.45, 2.75) is 65.2 Å². The quantitative estimate of drug-likeness (QED) is 0.0725. The second kappa shape index (κ2) is 16.0. The summed E-state index contributed by atoms with van der Waals surface area (Å²) in [5, 5.41) is 1.37. The van der Waals surface area contributed by atoms with Gasteiger partial charge in [-0.25, -0.2) is 4.79 Å². The maximum absolute atomic E-state index is 12.8. The molecule has 2 rings (SSSR count). The minimum atomic E-state index is -1.46. The molecule has 0 aliphatic rings. The molecule has 2 unspecified atom stereocenters. The van der Waals surface area contributed by atoms with Crippen molar-refractivity contribution < 1.29 is 42.9 Å². The minimum Gasteiger partial charge on any atom is -0.465 e. The van der Waals surface area contributed by atoms with Crippen LogP contribution in [0.2, 0.25) is 19.6 Å². The normalized spacial score (nSPS) is 13.7. The SMILES string of the molecule is CC(=O)OCC(C)(COC(=O)OCCOC(=O)C(C)(C)CC(Br)c1ccc([Si](C)(C)C)cc1)C(=O)OCc1ccccc1. The zero-order chi connectivity index (χ0) is 32.3. The Labute approximate surface area is 263 Å². The Morgan fingerprint density at radius 2 is 1.35 bits per heavy atom. The summed E-state index contributed by atoms with van der Waals surface area (Å²) in [6, 6.07) is 17.5. The lowest BCUT2D eigenvalue weighted by atomic mass is 9.86. The van der Waals surface area contributed by atoms with Crippen molar-refractivity contribution in [3.63, 3.8) is 0 Å². The second-order valence-corrected chi connectivity index (χ2v) is 18.5. The number of carbonyl (C=O) groups is 4. The third kappa shape index (κ3) is 12.1. The van der Waals surface area contributed by atoms with Gasteiger partial charge >= 0.3 is 24.1 Å². The maximum Gasteiger partial charge on any atom is 0.508 e. The lowest BCUT2D eigenvalue weighted by molar-refractivity contribution is -0.167. The van der Waals surface area contributed by atoms with Crippen LogP contribution < -0.4 is 5.19 Å². The van der Waals surface area contributed by atoms with Gasteiger partial charge in [0.1, 0.15) is 38.4 Å². The molecule has 2 aromatic carbocycles. The number of hydrogen-bond acceptors (Lipinski definition) is 9. The molecule has 0 aliphatic heterocycles. The number of halogens is 1. The number of esters is 3. The van der Waals surface area contributed by atoms with Crippen LogP contribution in [0, 0.1) is 10.8 Å². The average molecular weight is 680 g/mol. The van der Waals surface area contributed by atoms with Gasteiger partial charge in [0.15, 0.2) is 0 Å². The molecular weight excluding hydrogens is 636 g/mol. The summed E-state index contributed by atoms with van der Waals surface area (Å²) >= 11 is 3.71. The highest BCUT2D eigenvalue weighted by atomic mass is 79.9. The molecule has 9 nitrogen and oxygen atoms in total. The molecule has 0 aliphatic carbocycles. The van der Waals surface area contributed by atoms with Gasteiger partial charge in [-0.1, -0.05) is 95.4 Å². The predicted octanol–water partition coefficient (Wildman–Crippen LogP) is 6.09. The molecule has 0 N–H and O–H groups in total. The Morgan fingerprint density at radius 1 is 0.767 bits per heavy atom. The van der Waals surface area contributed by atoms with Crippen molar-refractivity contribution >= 4 is 53.3 Å². The van der Waals surface area contributed by atoms with Gasteiger partial charge in [0.05, 0.1) is 13.5 Å². The third-order valence-electron chi connectivity index (χ3n) is 6.73. The van der Waals surface area contributed by atoms with Crippen molar-refractivity contribution in [2.75, 3.05) is 26.4 Å². The molecular formula is C32H43BrO9Si. The van der Waals surface area contributed by atoms with E-state index < -0.39 is 49.6 Å². The van der Waals surface area contributed by atoms with E-state index in [1.54, 1.807) is 26.0 Å². The van der Waals surface area contributed by atoms with E-state index in [0.717, 1.165) is 11.1 Å². The molecule has 2 atom stereocenters. The second-order valence-electron chi connectivity index (χ2n) is 12.4. The third-order valence-corrected chi connectivity index (χ3v) is 9.64. The minimum absolute atomic E-state index is 0.00219. The van der Waals surface area contributed by atoms with Gasteiger partial charge in [-0.3, -0.25) is 14.4 Å². The largest absolute Gasteiger partial charge is 0.508 e. The van der Waals surface area contributed by atoms with Crippen molar-refractivity contribution in [2.24, 2.45) is 10.8 Å². The molecule has 0 amide bonds. The van der Waals surface area contributed by atoms with Crippen LogP contribution in [0.5, 0.6) is 0 Å². The van der Waals surface area contributed by atoms with E-state index in [-0.39, 0.29) is 31.3 Å². The topological polar surface area (TPSA) is 114 Å². The van der Waals surface area contributed by atoms with Crippen molar-refractivity contribution in [3.8, 4) is 0 Å². The van der Waals surface area contributed by atoms with Crippen molar-refractivity contribution in [1.29, 1.82) is 0 Å². The number of benzene rings is 2. The summed E-state index contributed by atoms with van der Waals surface area (Å²) in [4.78, 5) is 49.1. The first-order valence-corrected chi connectivity index (χ1v) is 18.5. The summed E-state index contributed by atoms with van der Waals surface area (Å²) in [5.74, 6) is -1.73. The Hall–Kier alpha value is -3.18. The van der Waals surface area contributed by atoms with Gasteiger partial charge in [-0.2, -0.15) is 0 Å². The zero-order valence-electron chi connectivity index (χ0n) is 26.1. The summed E-state index contributed by atoms with van der Waals surface area (Å²) in [7, 11) is -1.40. The summed E-state index contributed by atoms with van der Waals surface area (Å²) in [6.07, 6.45) is -0.565. The van der Waals surface area contributed by atoms with Crippen LogP contribution in [0.15, 0.2) is 54.6 Å². The monoisotopic (exact) mass is 678 g/mol. The Kier molecular flexibility index (Phi) is 13.4. The Bertz CT molecular complexity index is 1230. The van der Waals surface area contributed by atoms with Gasteiger partial charge in [-0.15, -0.1) is 0 Å². The maximum atomic E-state index is 12.8. The molecule has 0 saturated carbocycles. The van der Waals surface area contributed by atoms with Crippen LogP contribution in [-0.4, -0.2) is 58.6 Å². The van der Waals surface area contributed by atoms with Gasteiger partial charge in [-0.05, 0) is 38.3 Å². The lowest BCUT2D eigenvalue weighted by Gasteiger charge is -2.26. The number of ether oxygens (including phenoxy) is 5. The summed E-state index contributed by atoms with van der Waals surface area (Å²) in [6.45, 7) is 11.9. The summed E-state index contributed by atoms with van der Waals surface area (Å²) in [5.41, 5.74) is -0.410. The fraction of sp³-hybridized carbons (Fsp3) is 0.500. The first-order chi connectivity index (χ1) is 20.0. The van der Waals surface area contributed by atoms with Gasteiger partial charge in [0.25, 0.3) is 0 Å². The highest BCUT2D eigenvalue weighted by Crippen LogP contribution is 2.36. The molecule has 0 bridgehead atoms. The standard InChI is InChI=1S/C32H43BrO9Si/c1-23(34)41-21-32(4,29(36)40-20-24-11-9-8-10-12-24)22-42-30(37)39-18-17-38-28(35)31(2,3)19-27(33)25-13-15-26(16-14-25)43(5,6)7/h8-16,27H,17-22H2,1-7H3. The number of rotatable bonds is 15. The molecule has 0 fully saturated rings. The molecule has 11 heteroatoms. The van der Waals surface area contributed by atoms with E-state index in [0.29, 0.717) is 6.42 Å². The molecule has 43 heavy (non-hydrogen) atoms. The van der Waals surface area contributed by atoms with Crippen molar-refractivity contribution in [1.82, 2.24) is 0 Å². The molecule has 2 aromatic rings. The van der Waals surface area contributed by atoms with Crippen LogP contribution in [0.3, 0.4) is 0 Å². The zero-order valence-corrected chi connectivity index (χ0v) is 28.7. The molecule has 0 spiro atoms. The average Bonchev–Trinajstić information content (AvgIpc) is 2.95. The van der Waals surface area contributed by atoms with Gasteiger partial charge in [0.2, 0.25) is 0 Å². The molecule has 0 heterocycles. The van der Waals surface area contributed by atoms with E-state index in [2.05, 4.69) is 59.8 Å². The fourth-order valence-corrected chi connectivity index (χ4v) is 6.15. The first-order valence-electron chi connectivity index (χ1n) is 14.1. The van der Waals surface area contributed by atoms with E-state index in [4.69, 9.17) is 23.7 Å². The van der Waals surface area contributed by atoms with Gasteiger partial charge < -0.3 is 23.7 Å². The molecule has 0 radical (unpaired) electrons. The van der Waals surface area contributed by atoms with Crippen LogP contribution in [0.25, 0.3) is 0 Å². The van der Waals surface area contributed by atoms with E-state index in [1.165, 1.54) is 19.0 Å². The van der Waals surface area contributed by atoms with E-state index in [1.807, 2.05) is 18.2 Å². The highest BCUT2D eigenvalue weighted by Gasteiger charge is 2.39. The number of hydrogen-bond donors (Lipinski definition) is 0. The van der Waals surface area contributed by atoms with Crippen LogP contribution in [-0.2, 0) is 44.7 Å². The highest BCUT2D eigenvalue weighted by molar-refractivity contribution is 9.09. The van der Waals surface area contributed by atoms with Gasteiger partial charge in [0, 0.05) is 11.8 Å². The lowest BCUT2D eigenvalue weighted by Crippen LogP contribution is -2.40. The first kappa shape index (κ1) is 36.0. The van der Waals surface area contributed by atoms with Crippen LogP contribution >= 0.6 is 15.9 Å². The fourth-order valence-electron chi connectivity index (χ4n) is 3.87. The Balaban J connectivity index is 1.81. The summed E-state index contributed by atoms with van der Waals surface area (Å²) < 4.78 is 25.9. The van der Waals surface area contributed by atoms with Crippen LogP contribution in [0.1, 0.15) is 50.1 Å². The predicted molar refractivity (Wildman–Crippen MR) is 169 cm³/mol. The van der Waals surface area contributed by atoms with E-state index >= 15 is 0 Å². The number of carbonyl (C=O) groups excluding carboxylic acids is 4. The van der Waals surface area contributed by atoms with E-state index in [9.17, 15) is 19.2 Å².